The van der Waals surface area contributed by atoms with Crippen LogP contribution >= 0.6 is 8.69 Å². The first kappa shape index (κ1) is 8.49. The molecule has 9 heavy (non-hydrogen) atoms. The maximum Gasteiger partial charge on any atom is 0.327 e. The minimum atomic E-state index is -1.17. The van der Waals surface area contributed by atoms with Crippen molar-refractivity contribution in [3.8, 4) is 0 Å². The fourth-order valence-electron chi connectivity index (χ4n) is 0.182. The van der Waals surface area contributed by atoms with Gasteiger partial charge in [-0.3, -0.25) is 9.32 Å². The third-order valence-corrected chi connectivity index (χ3v) is 0.878. The molecule has 0 amide bonds. The van der Waals surface area contributed by atoms with E-state index in [1.165, 1.54) is 0 Å². The summed E-state index contributed by atoms with van der Waals surface area (Å²) in [5.74, 6) is -1.17. The van der Waals surface area contributed by atoms with Crippen LogP contribution in [0, 0.1) is 0 Å². The van der Waals surface area contributed by atoms with Gasteiger partial charge in [-0.05, 0) is 0 Å². The standard InChI is InChI=1S/C3H6NO4P/c4-2(3(5)6)1-8-9-7/h2H,1,4H2,(H,5,6). The van der Waals surface area contributed by atoms with Crippen LogP contribution in [0.2, 0.25) is 0 Å². The zero-order valence-corrected chi connectivity index (χ0v) is 5.38. The number of carboxylic acid groups (broad SMARTS) is 1. The molecule has 0 rings (SSSR count). The van der Waals surface area contributed by atoms with E-state index < -0.39 is 20.7 Å². The van der Waals surface area contributed by atoms with Crippen LogP contribution in [0.25, 0.3) is 0 Å². The lowest BCUT2D eigenvalue weighted by Crippen LogP contribution is -2.33. The van der Waals surface area contributed by atoms with E-state index >= 15 is 0 Å². The molecule has 0 aromatic carbocycles. The first-order chi connectivity index (χ1) is 4.18. The smallest absolute Gasteiger partial charge is 0.327 e. The van der Waals surface area contributed by atoms with E-state index in [1.54, 1.807) is 0 Å². The number of hydrogen-bond acceptors (Lipinski definition) is 4. The van der Waals surface area contributed by atoms with Crippen molar-refractivity contribution >= 4 is 14.7 Å². The van der Waals surface area contributed by atoms with E-state index in [0.717, 1.165) is 0 Å². The second kappa shape index (κ2) is 4.38. The fourth-order valence-corrected chi connectivity index (χ4v) is 0.403. The SMILES string of the molecule is NC(COP=O)C(=O)O. The predicted molar refractivity (Wildman–Crippen MR) is 29.2 cm³/mol. The lowest BCUT2D eigenvalue weighted by molar-refractivity contribution is -0.139. The van der Waals surface area contributed by atoms with Crippen molar-refractivity contribution in [3.63, 3.8) is 0 Å². The van der Waals surface area contributed by atoms with Gasteiger partial charge in [0.05, 0.1) is 6.61 Å². The molecule has 52 valence electrons. The van der Waals surface area contributed by atoms with Crippen LogP contribution < -0.4 is 5.73 Å². The Morgan fingerprint density at radius 3 is 2.78 bits per heavy atom. The number of hydrogen-bond donors (Lipinski definition) is 2. The van der Waals surface area contributed by atoms with Crippen LogP contribution in [0.3, 0.4) is 0 Å². The summed E-state index contributed by atoms with van der Waals surface area (Å²) in [5.41, 5.74) is 4.93. The van der Waals surface area contributed by atoms with Gasteiger partial charge in [0.15, 0.2) is 0 Å². The van der Waals surface area contributed by atoms with Gasteiger partial charge in [-0.1, -0.05) is 0 Å². The zero-order chi connectivity index (χ0) is 7.28. The molecule has 0 aromatic heterocycles. The molecule has 6 heteroatoms. The minimum absolute atomic E-state index is 0.236. The lowest BCUT2D eigenvalue weighted by atomic mass is 10.3. The molecule has 0 aliphatic rings. The maximum absolute atomic E-state index is 9.90. The number of nitrogens with two attached hydrogens (primary N) is 1. The molecule has 0 fully saturated rings. The molecule has 0 bridgehead atoms. The highest BCUT2D eigenvalue weighted by molar-refractivity contribution is 7.17. The first-order valence-corrected chi connectivity index (χ1v) is 2.84. The average molecular weight is 151 g/mol. The zero-order valence-electron chi connectivity index (χ0n) is 4.48. The molecule has 0 radical (unpaired) electrons. The van der Waals surface area contributed by atoms with Crippen LogP contribution in [-0.4, -0.2) is 23.7 Å². The molecule has 1 unspecified atom stereocenters. The van der Waals surface area contributed by atoms with Crippen LogP contribution in [-0.2, 0) is 13.9 Å². The topological polar surface area (TPSA) is 89.6 Å². The summed E-state index contributed by atoms with van der Waals surface area (Å²) in [5, 5.41) is 8.10. The Morgan fingerprint density at radius 2 is 2.44 bits per heavy atom. The highest BCUT2D eigenvalue weighted by atomic mass is 31.1. The van der Waals surface area contributed by atoms with Crippen molar-refractivity contribution in [1.29, 1.82) is 0 Å². The number of aliphatic carboxylic acids is 1. The highest BCUT2D eigenvalue weighted by Gasteiger charge is 2.10. The summed E-state index contributed by atoms with van der Waals surface area (Å²) in [6.07, 6.45) is 0. The Kier molecular flexibility index (Phi) is 4.13. The highest BCUT2D eigenvalue weighted by Crippen LogP contribution is 1.94. The van der Waals surface area contributed by atoms with Crippen LogP contribution in [0.4, 0.5) is 0 Å². The molecule has 0 heterocycles. The fraction of sp³-hybridized carbons (Fsp3) is 0.667. The molecule has 1 atom stereocenters. The quantitative estimate of drug-likeness (QED) is 0.534. The van der Waals surface area contributed by atoms with E-state index in [9.17, 15) is 9.36 Å². The van der Waals surface area contributed by atoms with Crippen molar-refractivity contribution in [2.45, 2.75) is 6.04 Å². The van der Waals surface area contributed by atoms with Crippen molar-refractivity contribution < 1.29 is 19.0 Å². The van der Waals surface area contributed by atoms with E-state index in [1.807, 2.05) is 0 Å². The Morgan fingerprint density at radius 1 is 1.89 bits per heavy atom. The van der Waals surface area contributed by atoms with Crippen molar-refractivity contribution in [3.05, 3.63) is 0 Å². The summed E-state index contributed by atoms with van der Waals surface area (Å²) < 4.78 is 13.7. The normalized spacial score (nSPS) is 13.4. The summed E-state index contributed by atoms with van der Waals surface area (Å²) in [7, 11) is -0.548. The summed E-state index contributed by atoms with van der Waals surface area (Å²) >= 11 is 0. The van der Waals surface area contributed by atoms with Gasteiger partial charge in [0.2, 0.25) is 0 Å². The van der Waals surface area contributed by atoms with Crippen LogP contribution in [0.5, 0.6) is 0 Å². The largest absolute Gasteiger partial charge is 0.480 e. The molecule has 0 spiro atoms. The number of carbonyl (C=O) groups is 1. The van der Waals surface area contributed by atoms with E-state index in [0.29, 0.717) is 0 Å². The Balaban J connectivity index is 3.37. The van der Waals surface area contributed by atoms with Crippen LogP contribution in [0.15, 0.2) is 0 Å². The van der Waals surface area contributed by atoms with Gasteiger partial charge in [0.1, 0.15) is 6.04 Å². The van der Waals surface area contributed by atoms with E-state index in [2.05, 4.69) is 4.52 Å². The molecular weight excluding hydrogens is 145 g/mol. The average Bonchev–Trinajstić information content (AvgIpc) is 1.82. The summed E-state index contributed by atoms with van der Waals surface area (Å²) in [6.45, 7) is -0.236. The second-order valence-electron chi connectivity index (χ2n) is 1.32. The molecule has 5 nitrogen and oxygen atoms in total. The van der Waals surface area contributed by atoms with Crippen molar-refractivity contribution in [2.75, 3.05) is 6.61 Å². The van der Waals surface area contributed by atoms with Gasteiger partial charge in [0, 0.05) is 0 Å². The Labute approximate surface area is 53.1 Å². The van der Waals surface area contributed by atoms with Gasteiger partial charge in [-0.25, -0.2) is 4.57 Å². The third kappa shape index (κ3) is 4.02. The van der Waals surface area contributed by atoms with Gasteiger partial charge in [0.25, 0.3) is 0 Å². The molecule has 0 aromatic rings. The van der Waals surface area contributed by atoms with E-state index in [4.69, 9.17) is 10.8 Å². The lowest BCUT2D eigenvalue weighted by Gasteiger charge is -1.99. The summed E-state index contributed by atoms with van der Waals surface area (Å²) in [4.78, 5) is 9.90. The third-order valence-electron chi connectivity index (χ3n) is 0.624. The summed E-state index contributed by atoms with van der Waals surface area (Å²) in [6, 6.07) is -1.09. The number of carboxylic acids is 1. The number of rotatable bonds is 4. The molecule has 3 N–H and O–H groups in total. The molecule has 0 saturated heterocycles. The van der Waals surface area contributed by atoms with E-state index in [-0.39, 0.29) is 6.61 Å². The van der Waals surface area contributed by atoms with Crippen molar-refractivity contribution in [2.24, 2.45) is 5.73 Å². The van der Waals surface area contributed by atoms with Crippen LogP contribution in [0.1, 0.15) is 0 Å². The van der Waals surface area contributed by atoms with Gasteiger partial charge >= 0.3 is 14.7 Å². The Hall–Kier alpha value is -0.510. The second-order valence-corrected chi connectivity index (χ2v) is 1.72. The first-order valence-electron chi connectivity index (χ1n) is 2.11. The van der Waals surface area contributed by atoms with Crippen molar-refractivity contribution in [1.82, 2.24) is 0 Å². The van der Waals surface area contributed by atoms with Gasteiger partial charge < -0.3 is 10.8 Å². The van der Waals surface area contributed by atoms with Gasteiger partial charge in [-0.2, -0.15) is 0 Å². The molecule has 0 aliphatic heterocycles. The predicted octanol–water partition coefficient (Wildman–Crippen LogP) is -0.378. The Bertz CT molecular complexity index is 116. The van der Waals surface area contributed by atoms with Gasteiger partial charge in [-0.15, -0.1) is 0 Å². The molecule has 0 aliphatic carbocycles. The molecular formula is C3H6NO4P. The minimum Gasteiger partial charge on any atom is -0.480 e. The maximum atomic E-state index is 9.90. The molecule has 0 saturated carbocycles. The monoisotopic (exact) mass is 151 g/mol.